The number of nitrogens with one attached hydrogen (secondary N) is 2. The van der Waals surface area contributed by atoms with Gasteiger partial charge in [-0.1, -0.05) is 17.7 Å². The predicted molar refractivity (Wildman–Crippen MR) is 103 cm³/mol. The Morgan fingerprint density at radius 2 is 1.89 bits per heavy atom. The molecule has 8 heteroatoms. The highest BCUT2D eigenvalue weighted by Gasteiger charge is 2.13. The fourth-order valence-electron chi connectivity index (χ4n) is 2.66. The minimum atomic E-state index is 0.266. The largest absolute Gasteiger partial charge is 0.495 e. The van der Waals surface area contributed by atoms with Crippen molar-refractivity contribution in [1.82, 2.24) is 9.97 Å². The van der Waals surface area contributed by atoms with Gasteiger partial charge in [-0.15, -0.1) is 0 Å². The zero-order valence-corrected chi connectivity index (χ0v) is 15.3. The molecule has 0 spiro atoms. The van der Waals surface area contributed by atoms with E-state index in [9.17, 15) is 0 Å². The summed E-state index contributed by atoms with van der Waals surface area (Å²) in [5, 5.41) is 7.00. The highest BCUT2D eigenvalue weighted by Crippen LogP contribution is 2.32. The number of rotatable bonds is 6. The topological polar surface area (TPSA) is 77.5 Å². The van der Waals surface area contributed by atoms with Gasteiger partial charge in [0.05, 0.1) is 12.1 Å². The van der Waals surface area contributed by atoms with Crippen LogP contribution in [0.1, 0.15) is 5.56 Å². The Morgan fingerprint density at radius 3 is 2.74 bits per heavy atom. The van der Waals surface area contributed by atoms with Gasteiger partial charge in [0.2, 0.25) is 6.79 Å². The molecule has 1 aromatic heterocycles. The molecule has 2 heterocycles. The lowest BCUT2D eigenvalue weighted by Crippen LogP contribution is -2.03. The van der Waals surface area contributed by atoms with Crippen molar-refractivity contribution in [3.63, 3.8) is 0 Å². The number of halogens is 1. The van der Waals surface area contributed by atoms with Crippen LogP contribution in [0.2, 0.25) is 5.02 Å². The molecule has 0 saturated heterocycles. The summed E-state index contributed by atoms with van der Waals surface area (Å²) in [5.74, 6) is 3.50. The number of benzene rings is 2. The van der Waals surface area contributed by atoms with Gasteiger partial charge in [-0.05, 0) is 35.9 Å². The number of methoxy groups -OCH3 is 1. The summed E-state index contributed by atoms with van der Waals surface area (Å²) in [6.07, 6.45) is 1.50. The third kappa shape index (κ3) is 3.98. The Labute approximate surface area is 161 Å². The summed E-state index contributed by atoms with van der Waals surface area (Å²) in [6.45, 7) is 0.865. The van der Waals surface area contributed by atoms with Crippen molar-refractivity contribution in [2.24, 2.45) is 0 Å². The van der Waals surface area contributed by atoms with Crippen LogP contribution in [0.3, 0.4) is 0 Å². The minimum absolute atomic E-state index is 0.266. The number of ether oxygens (including phenoxy) is 3. The molecule has 0 saturated carbocycles. The van der Waals surface area contributed by atoms with Crippen LogP contribution >= 0.6 is 11.6 Å². The minimum Gasteiger partial charge on any atom is -0.495 e. The first-order valence-corrected chi connectivity index (χ1v) is 8.64. The van der Waals surface area contributed by atoms with Crippen LogP contribution in [0.5, 0.6) is 17.2 Å². The quantitative estimate of drug-likeness (QED) is 0.658. The Balaban J connectivity index is 1.42. The van der Waals surface area contributed by atoms with Crippen molar-refractivity contribution < 1.29 is 14.2 Å². The molecule has 2 aromatic carbocycles. The Hall–Kier alpha value is -3.19. The van der Waals surface area contributed by atoms with E-state index in [1.54, 1.807) is 19.2 Å². The van der Waals surface area contributed by atoms with E-state index in [0.29, 0.717) is 29.0 Å². The van der Waals surface area contributed by atoms with Gasteiger partial charge in [0, 0.05) is 18.3 Å². The number of nitrogens with zero attached hydrogens (tertiary/aromatic N) is 2. The average Bonchev–Trinajstić information content (AvgIpc) is 3.15. The number of hydrogen-bond donors (Lipinski definition) is 2. The van der Waals surface area contributed by atoms with Crippen LogP contribution in [0.25, 0.3) is 0 Å². The van der Waals surface area contributed by atoms with Gasteiger partial charge in [-0.3, -0.25) is 0 Å². The molecule has 3 aromatic rings. The third-order valence-corrected chi connectivity index (χ3v) is 4.30. The first-order chi connectivity index (χ1) is 13.2. The van der Waals surface area contributed by atoms with Crippen molar-refractivity contribution >= 4 is 28.9 Å². The van der Waals surface area contributed by atoms with Crippen LogP contribution in [0.15, 0.2) is 48.8 Å². The second-order valence-corrected chi connectivity index (χ2v) is 6.21. The number of fused-ring (bicyclic) bond motifs is 1. The van der Waals surface area contributed by atoms with Crippen molar-refractivity contribution in [3.8, 4) is 17.2 Å². The maximum absolute atomic E-state index is 6.16. The molecule has 1 aliphatic rings. The molecular weight excluding hydrogens is 368 g/mol. The van der Waals surface area contributed by atoms with Gasteiger partial charge in [0.1, 0.15) is 23.7 Å². The van der Waals surface area contributed by atoms with Gasteiger partial charge in [-0.2, -0.15) is 0 Å². The molecule has 138 valence electrons. The second kappa shape index (κ2) is 7.59. The molecule has 0 atom stereocenters. The smallest absolute Gasteiger partial charge is 0.231 e. The SMILES string of the molecule is COc1ccc(Nc2cc(NCc3ccc4c(c3)OCO4)ncn2)cc1Cl. The molecule has 0 unspecified atom stereocenters. The molecule has 4 rings (SSSR count). The van der Waals surface area contributed by atoms with Crippen molar-refractivity contribution in [3.05, 3.63) is 59.4 Å². The molecule has 2 N–H and O–H groups in total. The molecule has 0 fully saturated rings. The van der Waals surface area contributed by atoms with Crippen molar-refractivity contribution in [2.75, 3.05) is 24.5 Å². The summed E-state index contributed by atoms with van der Waals surface area (Å²) in [5.41, 5.74) is 1.87. The molecule has 0 radical (unpaired) electrons. The number of anilines is 3. The lowest BCUT2D eigenvalue weighted by Gasteiger charge is -2.10. The number of hydrogen-bond acceptors (Lipinski definition) is 7. The molecule has 7 nitrogen and oxygen atoms in total. The maximum atomic E-state index is 6.16. The van der Waals surface area contributed by atoms with Gasteiger partial charge in [0.15, 0.2) is 11.5 Å². The third-order valence-electron chi connectivity index (χ3n) is 4.00. The van der Waals surface area contributed by atoms with Crippen LogP contribution < -0.4 is 24.8 Å². The average molecular weight is 385 g/mol. The maximum Gasteiger partial charge on any atom is 0.231 e. The van der Waals surface area contributed by atoms with E-state index in [-0.39, 0.29) is 6.79 Å². The Kier molecular flexibility index (Phi) is 4.84. The van der Waals surface area contributed by atoms with Gasteiger partial charge in [0.25, 0.3) is 0 Å². The predicted octanol–water partition coefficient (Wildman–Crippen LogP) is 4.22. The monoisotopic (exact) mass is 384 g/mol. The van der Waals surface area contributed by atoms with Crippen molar-refractivity contribution in [1.29, 1.82) is 0 Å². The Bertz CT molecular complexity index is 967. The van der Waals surface area contributed by atoms with Crippen LogP contribution in [-0.4, -0.2) is 23.9 Å². The van der Waals surface area contributed by atoms with Crippen LogP contribution in [-0.2, 0) is 6.54 Å². The molecule has 0 amide bonds. The fraction of sp³-hybridized carbons (Fsp3) is 0.158. The summed E-state index contributed by atoms with van der Waals surface area (Å²) in [7, 11) is 1.58. The Morgan fingerprint density at radius 1 is 1.04 bits per heavy atom. The van der Waals surface area contributed by atoms with E-state index in [1.807, 2.05) is 30.3 Å². The molecule has 1 aliphatic heterocycles. The van der Waals surface area contributed by atoms with E-state index in [0.717, 1.165) is 22.7 Å². The molecule has 27 heavy (non-hydrogen) atoms. The first-order valence-electron chi connectivity index (χ1n) is 8.26. The standard InChI is InChI=1S/C19H17ClN4O3/c1-25-15-5-3-13(7-14(15)20)24-19-8-18(22-10-23-19)21-9-12-2-4-16-17(6-12)27-11-26-16/h2-8,10H,9,11H2,1H3,(H2,21,22,23,24). The van der Waals surface area contributed by atoms with E-state index in [2.05, 4.69) is 20.6 Å². The summed E-state index contributed by atoms with van der Waals surface area (Å²) >= 11 is 6.16. The van der Waals surface area contributed by atoms with E-state index in [1.165, 1.54) is 6.33 Å². The highest BCUT2D eigenvalue weighted by atomic mass is 35.5. The van der Waals surface area contributed by atoms with E-state index < -0.39 is 0 Å². The highest BCUT2D eigenvalue weighted by molar-refractivity contribution is 6.32. The van der Waals surface area contributed by atoms with E-state index >= 15 is 0 Å². The zero-order chi connectivity index (χ0) is 18.6. The first kappa shape index (κ1) is 17.2. The molecule has 0 aliphatic carbocycles. The van der Waals surface area contributed by atoms with Crippen LogP contribution in [0.4, 0.5) is 17.3 Å². The number of aromatic nitrogens is 2. The fourth-order valence-corrected chi connectivity index (χ4v) is 2.92. The molecular formula is C19H17ClN4O3. The zero-order valence-electron chi connectivity index (χ0n) is 14.5. The van der Waals surface area contributed by atoms with E-state index in [4.69, 9.17) is 25.8 Å². The normalized spacial score (nSPS) is 11.9. The second-order valence-electron chi connectivity index (χ2n) is 5.80. The van der Waals surface area contributed by atoms with Gasteiger partial charge < -0.3 is 24.8 Å². The molecule has 0 bridgehead atoms. The van der Waals surface area contributed by atoms with Crippen LogP contribution in [0, 0.1) is 0 Å². The summed E-state index contributed by atoms with van der Waals surface area (Å²) in [6, 6.07) is 13.1. The lowest BCUT2D eigenvalue weighted by atomic mass is 10.2. The van der Waals surface area contributed by atoms with Crippen molar-refractivity contribution in [2.45, 2.75) is 6.54 Å². The summed E-state index contributed by atoms with van der Waals surface area (Å²) in [4.78, 5) is 8.49. The van der Waals surface area contributed by atoms with Gasteiger partial charge >= 0.3 is 0 Å². The lowest BCUT2D eigenvalue weighted by molar-refractivity contribution is 0.174. The van der Waals surface area contributed by atoms with Gasteiger partial charge in [-0.25, -0.2) is 9.97 Å². The summed E-state index contributed by atoms with van der Waals surface area (Å²) < 4.78 is 15.9.